The summed E-state index contributed by atoms with van der Waals surface area (Å²) in [5.41, 5.74) is 2.80. The van der Waals surface area contributed by atoms with Crippen molar-refractivity contribution in [3.63, 3.8) is 0 Å². The van der Waals surface area contributed by atoms with Crippen LogP contribution in [0.4, 0.5) is 0 Å². The van der Waals surface area contributed by atoms with E-state index in [-0.39, 0.29) is 35.0 Å². The molecule has 4 aliphatic carbocycles. The molecule has 0 amide bonds. The fraction of sp³-hybridized carbons (Fsp3) is 0.667. The predicted molar refractivity (Wildman–Crippen MR) is 133 cm³/mol. The van der Waals surface area contributed by atoms with Crippen molar-refractivity contribution >= 4 is 18.0 Å². The molecule has 0 aliphatic heterocycles. The molecule has 0 bridgehead atoms. The fourth-order valence-electron chi connectivity index (χ4n) is 8.74. The first-order valence-electron chi connectivity index (χ1n) is 13.3. The molecule has 1 aromatic rings. The molecule has 4 fully saturated rings. The van der Waals surface area contributed by atoms with E-state index < -0.39 is 0 Å². The zero-order valence-corrected chi connectivity index (χ0v) is 21.2. The first-order chi connectivity index (χ1) is 16.2. The number of esters is 2. The van der Waals surface area contributed by atoms with Gasteiger partial charge in [0.1, 0.15) is 12.2 Å². The Labute approximate surface area is 204 Å². The summed E-state index contributed by atoms with van der Waals surface area (Å²) in [7, 11) is 0. The summed E-state index contributed by atoms with van der Waals surface area (Å²) in [6.45, 7) is 8.00. The molecular weight excluding hydrogens is 424 g/mol. The molecule has 0 saturated heterocycles. The van der Waals surface area contributed by atoms with Crippen molar-refractivity contribution in [2.24, 2.45) is 34.5 Å². The van der Waals surface area contributed by atoms with Crippen molar-refractivity contribution in [3.8, 4) is 0 Å². The van der Waals surface area contributed by atoms with Crippen LogP contribution < -0.4 is 0 Å². The van der Waals surface area contributed by atoms with Gasteiger partial charge in [0, 0.05) is 19.3 Å². The van der Waals surface area contributed by atoms with Crippen LogP contribution in [0.1, 0.15) is 84.6 Å². The van der Waals surface area contributed by atoms with Crippen LogP contribution in [-0.2, 0) is 19.1 Å². The van der Waals surface area contributed by atoms with Crippen molar-refractivity contribution in [1.29, 1.82) is 0 Å². The van der Waals surface area contributed by atoms with Crippen LogP contribution in [0.15, 0.2) is 35.9 Å². The lowest BCUT2D eigenvalue weighted by molar-refractivity contribution is -0.163. The SMILES string of the molecule is CC(=O)O[C@H]1CC[C@H]2[C@H]3CC[C@H]4C[C@@H](OC(C)=O)/C(=C/c5ccccc5)C[C@]4(C)[C@H]3CC[C@@]12C. The van der Waals surface area contributed by atoms with E-state index in [1.165, 1.54) is 43.7 Å². The third-order valence-corrected chi connectivity index (χ3v) is 10.2. The van der Waals surface area contributed by atoms with Crippen LogP contribution in [0.2, 0.25) is 0 Å². The molecule has 4 saturated carbocycles. The Morgan fingerprint density at radius 3 is 2.29 bits per heavy atom. The maximum atomic E-state index is 12.0. The Morgan fingerprint density at radius 1 is 0.882 bits per heavy atom. The first-order valence-corrected chi connectivity index (χ1v) is 13.3. The highest BCUT2D eigenvalue weighted by Gasteiger charge is 2.61. The van der Waals surface area contributed by atoms with Crippen molar-refractivity contribution in [3.05, 3.63) is 41.5 Å². The van der Waals surface area contributed by atoms with Crippen LogP contribution in [-0.4, -0.2) is 24.1 Å². The van der Waals surface area contributed by atoms with Crippen molar-refractivity contribution in [2.75, 3.05) is 0 Å². The maximum absolute atomic E-state index is 12.0. The minimum atomic E-state index is -0.183. The standard InChI is InChI=1S/C30H40O4/c1-19(31)33-27-17-23-10-11-24-25-12-13-28(34-20(2)32)29(25,3)15-14-26(24)30(23,4)18-22(27)16-21-8-6-5-7-9-21/h5-9,16,23-28H,10-15,17-18H2,1-4H3/b22-16+/t23-,24+,25-,26-,27+,28-,29+,30-/m0/s1. The third-order valence-electron chi connectivity index (χ3n) is 10.2. The zero-order chi connectivity index (χ0) is 24.1. The number of hydrogen-bond donors (Lipinski definition) is 0. The number of rotatable bonds is 3. The average Bonchev–Trinajstić information content (AvgIpc) is 3.10. The Morgan fingerprint density at radius 2 is 1.59 bits per heavy atom. The predicted octanol–water partition coefficient (Wildman–Crippen LogP) is 6.59. The summed E-state index contributed by atoms with van der Waals surface area (Å²) < 4.78 is 11.7. The number of hydrogen-bond acceptors (Lipinski definition) is 4. The largest absolute Gasteiger partial charge is 0.462 e. The van der Waals surface area contributed by atoms with Gasteiger partial charge in [0.05, 0.1) is 0 Å². The summed E-state index contributed by atoms with van der Waals surface area (Å²) in [6.07, 6.45) is 11.2. The topological polar surface area (TPSA) is 52.6 Å². The van der Waals surface area contributed by atoms with Crippen LogP contribution in [0.25, 0.3) is 6.08 Å². The minimum Gasteiger partial charge on any atom is -0.462 e. The van der Waals surface area contributed by atoms with E-state index >= 15 is 0 Å². The number of ether oxygens (including phenoxy) is 2. The summed E-state index contributed by atoms with van der Waals surface area (Å²) in [6, 6.07) is 10.4. The van der Waals surface area contributed by atoms with Gasteiger partial charge in [0.2, 0.25) is 0 Å². The van der Waals surface area contributed by atoms with Gasteiger partial charge >= 0.3 is 11.9 Å². The second-order valence-corrected chi connectivity index (χ2v) is 12.0. The maximum Gasteiger partial charge on any atom is 0.303 e. The van der Waals surface area contributed by atoms with E-state index in [1.54, 1.807) is 6.92 Å². The third kappa shape index (κ3) is 4.01. The van der Waals surface area contributed by atoms with E-state index in [0.29, 0.717) is 23.7 Å². The van der Waals surface area contributed by atoms with Gasteiger partial charge in [-0.25, -0.2) is 0 Å². The van der Waals surface area contributed by atoms with Crippen LogP contribution in [0.3, 0.4) is 0 Å². The van der Waals surface area contributed by atoms with Gasteiger partial charge in [0.25, 0.3) is 0 Å². The van der Waals surface area contributed by atoms with Gasteiger partial charge in [-0.3, -0.25) is 9.59 Å². The lowest BCUT2D eigenvalue weighted by Crippen LogP contribution is -2.55. The molecule has 5 rings (SSSR count). The van der Waals surface area contributed by atoms with Crippen LogP contribution >= 0.6 is 0 Å². The highest BCUT2D eigenvalue weighted by molar-refractivity contribution is 5.67. The van der Waals surface area contributed by atoms with E-state index in [2.05, 4.69) is 44.2 Å². The quantitative estimate of drug-likeness (QED) is 0.474. The molecule has 0 aromatic heterocycles. The van der Waals surface area contributed by atoms with Crippen molar-refractivity contribution in [2.45, 2.75) is 91.3 Å². The Bertz CT molecular complexity index is 967. The minimum absolute atomic E-state index is 0.0784. The summed E-state index contributed by atoms with van der Waals surface area (Å²) >= 11 is 0. The molecule has 0 unspecified atom stereocenters. The number of benzene rings is 1. The Kier molecular flexibility index (Phi) is 6.14. The molecule has 0 radical (unpaired) electrons. The number of carbonyl (C=O) groups is 2. The van der Waals surface area contributed by atoms with E-state index in [0.717, 1.165) is 25.7 Å². The molecule has 4 nitrogen and oxygen atoms in total. The second kappa shape index (κ2) is 8.84. The van der Waals surface area contributed by atoms with E-state index in [1.807, 2.05) is 6.07 Å². The molecule has 4 aliphatic rings. The highest BCUT2D eigenvalue weighted by atomic mass is 16.5. The van der Waals surface area contributed by atoms with Gasteiger partial charge in [0.15, 0.2) is 0 Å². The number of fused-ring (bicyclic) bond motifs is 5. The van der Waals surface area contributed by atoms with Gasteiger partial charge in [-0.2, -0.15) is 0 Å². The lowest BCUT2D eigenvalue weighted by Gasteiger charge is -2.61. The van der Waals surface area contributed by atoms with Gasteiger partial charge in [-0.1, -0.05) is 50.3 Å². The fourth-order valence-corrected chi connectivity index (χ4v) is 8.74. The summed E-state index contributed by atoms with van der Waals surface area (Å²) in [4.78, 5) is 23.7. The van der Waals surface area contributed by atoms with E-state index in [4.69, 9.17) is 9.47 Å². The van der Waals surface area contributed by atoms with Crippen molar-refractivity contribution in [1.82, 2.24) is 0 Å². The molecule has 4 heteroatoms. The second-order valence-electron chi connectivity index (χ2n) is 12.0. The average molecular weight is 465 g/mol. The molecule has 184 valence electrons. The highest BCUT2D eigenvalue weighted by Crippen LogP contribution is 2.67. The summed E-state index contributed by atoms with van der Waals surface area (Å²) in [5.74, 6) is 2.28. The molecule has 0 heterocycles. The molecule has 34 heavy (non-hydrogen) atoms. The molecular formula is C30H40O4. The van der Waals surface area contributed by atoms with E-state index in [9.17, 15) is 9.59 Å². The summed E-state index contributed by atoms with van der Waals surface area (Å²) in [5, 5.41) is 0. The Balaban J connectivity index is 1.44. The Hall–Kier alpha value is -2.10. The van der Waals surface area contributed by atoms with Crippen LogP contribution in [0.5, 0.6) is 0 Å². The lowest BCUT2D eigenvalue weighted by atomic mass is 9.44. The molecule has 8 atom stereocenters. The zero-order valence-electron chi connectivity index (χ0n) is 21.2. The smallest absolute Gasteiger partial charge is 0.303 e. The van der Waals surface area contributed by atoms with Crippen molar-refractivity contribution < 1.29 is 19.1 Å². The van der Waals surface area contributed by atoms with Crippen LogP contribution in [0, 0.1) is 34.5 Å². The molecule has 0 spiro atoms. The van der Waals surface area contributed by atoms with Gasteiger partial charge in [-0.15, -0.1) is 0 Å². The van der Waals surface area contributed by atoms with Gasteiger partial charge < -0.3 is 9.47 Å². The number of carbonyl (C=O) groups excluding carboxylic acids is 2. The first kappa shape index (κ1) is 23.6. The van der Waals surface area contributed by atoms with Gasteiger partial charge in [-0.05, 0) is 91.6 Å². The molecule has 0 N–H and O–H groups in total. The molecule has 1 aromatic carbocycles. The monoisotopic (exact) mass is 464 g/mol. The normalized spacial score (nSPS) is 42.3.